The van der Waals surface area contributed by atoms with Crippen molar-refractivity contribution in [2.45, 2.75) is 25.2 Å². The van der Waals surface area contributed by atoms with Gasteiger partial charge in [0, 0.05) is 31.1 Å². The molecule has 9 heteroatoms. The normalized spacial score (nSPS) is 16.4. The van der Waals surface area contributed by atoms with Crippen LogP contribution in [0.5, 0.6) is 5.75 Å². The summed E-state index contributed by atoms with van der Waals surface area (Å²) < 4.78 is 11.4. The van der Waals surface area contributed by atoms with Crippen LogP contribution in [-0.2, 0) is 6.42 Å². The van der Waals surface area contributed by atoms with Gasteiger partial charge in [-0.15, -0.1) is 0 Å². The highest BCUT2D eigenvalue weighted by molar-refractivity contribution is 5.92. The van der Waals surface area contributed by atoms with Crippen molar-refractivity contribution < 1.29 is 13.9 Å². The summed E-state index contributed by atoms with van der Waals surface area (Å²) in [7, 11) is 1.63. The van der Waals surface area contributed by atoms with Crippen LogP contribution in [0.1, 0.15) is 46.5 Å². The lowest BCUT2D eigenvalue weighted by Gasteiger charge is -2.31. The minimum absolute atomic E-state index is 0.0198. The third kappa shape index (κ3) is 4.19. The van der Waals surface area contributed by atoms with Crippen LogP contribution in [-0.4, -0.2) is 46.0 Å². The van der Waals surface area contributed by atoms with Gasteiger partial charge in [-0.2, -0.15) is 0 Å². The van der Waals surface area contributed by atoms with Crippen molar-refractivity contribution in [3.8, 4) is 5.75 Å². The molecule has 1 aliphatic rings. The number of benzene rings is 1. The van der Waals surface area contributed by atoms with Gasteiger partial charge in [-0.05, 0) is 18.9 Å². The SMILES string of the molecule is COc1ccccc1Cc1cnc([C@@H]2CCCN(C(=O)c3cc(=O)[nH]c(=O)[nH]3)C2)o1. The van der Waals surface area contributed by atoms with E-state index in [4.69, 9.17) is 9.15 Å². The summed E-state index contributed by atoms with van der Waals surface area (Å²) in [6.45, 7) is 0.946. The minimum atomic E-state index is -0.701. The average Bonchev–Trinajstić information content (AvgIpc) is 3.21. The van der Waals surface area contributed by atoms with Gasteiger partial charge in [0.2, 0.25) is 0 Å². The van der Waals surface area contributed by atoms with Crippen molar-refractivity contribution in [1.82, 2.24) is 19.9 Å². The molecule has 0 aliphatic carbocycles. The predicted octanol–water partition coefficient (Wildman–Crippen LogP) is 1.67. The second-order valence-corrected chi connectivity index (χ2v) is 7.25. The molecule has 3 heterocycles. The number of oxazole rings is 1. The van der Waals surface area contributed by atoms with Gasteiger partial charge < -0.3 is 19.0 Å². The van der Waals surface area contributed by atoms with E-state index in [-0.39, 0.29) is 17.5 Å². The smallest absolute Gasteiger partial charge is 0.326 e. The Morgan fingerprint density at radius 1 is 1.30 bits per heavy atom. The van der Waals surface area contributed by atoms with Crippen molar-refractivity contribution in [3.05, 3.63) is 80.3 Å². The van der Waals surface area contributed by atoms with E-state index >= 15 is 0 Å². The third-order valence-electron chi connectivity index (χ3n) is 5.18. The molecule has 1 atom stereocenters. The number of hydrogen-bond donors (Lipinski definition) is 2. The summed E-state index contributed by atoms with van der Waals surface area (Å²) in [6.07, 6.45) is 3.87. The van der Waals surface area contributed by atoms with Gasteiger partial charge in [0.25, 0.3) is 11.5 Å². The fraction of sp³-hybridized carbons (Fsp3) is 0.333. The highest BCUT2D eigenvalue weighted by atomic mass is 16.5. The number of piperidine rings is 1. The lowest BCUT2D eigenvalue weighted by atomic mass is 9.97. The summed E-state index contributed by atoms with van der Waals surface area (Å²) in [5.74, 6) is 1.65. The Morgan fingerprint density at radius 2 is 2.13 bits per heavy atom. The molecule has 30 heavy (non-hydrogen) atoms. The van der Waals surface area contributed by atoms with Crippen LogP contribution in [0.3, 0.4) is 0 Å². The predicted molar refractivity (Wildman–Crippen MR) is 108 cm³/mol. The van der Waals surface area contributed by atoms with Crippen LogP contribution in [0.2, 0.25) is 0 Å². The zero-order valence-corrected chi connectivity index (χ0v) is 16.5. The topological polar surface area (TPSA) is 121 Å². The summed E-state index contributed by atoms with van der Waals surface area (Å²) in [5.41, 5.74) is -0.326. The zero-order valence-electron chi connectivity index (χ0n) is 16.5. The molecule has 1 aliphatic heterocycles. The van der Waals surface area contributed by atoms with Crippen LogP contribution in [0.15, 0.2) is 50.5 Å². The number of amides is 1. The monoisotopic (exact) mass is 410 g/mol. The lowest BCUT2D eigenvalue weighted by Crippen LogP contribution is -2.41. The lowest BCUT2D eigenvalue weighted by molar-refractivity contribution is 0.0691. The van der Waals surface area contributed by atoms with Crippen molar-refractivity contribution in [1.29, 1.82) is 0 Å². The molecule has 0 unspecified atom stereocenters. The number of likely N-dealkylation sites (tertiary alicyclic amines) is 1. The van der Waals surface area contributed by atoms with Gasteiger partial charge in [-0.3, -0.25) is 14.6 Å². The molecule has 9 nitrogen and oxygen atoms in total. The number of nitrogens with one attached hydrogen (secondary N) is 2. The Kier molecular flexibility index (Phi) is 5.51. The summed E-state index contributed by atoms with van der Waals surface area (Å²) in [5, 5.41) is 0. The maximum atomic E-state index is 12.7. The highest BCUT2D eigenvalue weighted by Gasteiger charge is 2.29. The number of aromatic nitrogens is 3. The molecule has 2 aromatic heterocycles. The van der Waals surface area contributed by atoms with Gasteiger partial charge in [0.15, 0.2) is 5.89 Å². The van der Waals surface area contributed by atoms with Crippen molar-refractivity contribution in [2.24, 2.45) is 0 Å². The van der Waals surface area contributed by atoms with Crippen LogP contribution in [0.4, 0.5) is 0 Å². The van der Waals surface area contributed by atoms with E-state index < -0.39 is 11.2 Å². The first-order valence-corrected chi connectivity index (χ1v) is 9.73. The molecule has 0 spiro atoms. The molecule has 0 bridgehead atoms. The van der Waals surface area contributed by atoms with Gasteiger partial charge in [0.1, 0.15) is 17.2 Å². The largest absolute Gasteiger partial charge is 0.496 e. The number of aromatic amines is 2. The van der Waals surface area contributed by atoms with Crippen molar-refractivity contribution >= 4 is 5.91 Å². The first-order valence-electron chi connectivity index (χ1n) is 9.73. The maximum absolute atomic E-state index is 12.7. The van der Waals surface area contributed by atoms with Crippen molar-refractivity contribution in [3.63, 3.8) is 0 Å². The first-order chi connectivity index (χ1) is 14.5. The van der Waals surface area contributed by atoms with E-state index in [9.17, 15) is 14.4 Å². The summed E-state index contributed by atoms with van der Waals surface area (Å²) in [6, 6.07) is 8.83. The molecule has 3 aromatic rings. The van der Waals surface area contributed by atoms with Crippen LogP contribution in [0, 0.1) is 0 Å². The van der Waals surface area contributed by atoms with Crippen LogP contribution >= 0.6 is 0 Å². The van der Waals surface area contributed by atoms with E-state index in [2.05, 4.69) is 15.0 Å². The van der Waals surface area contributed by atoms with Crippen molar-refractivity contribution in [2.75, 3.05) is 20.2 Å². The minimum Gasteiger partial charge on any atom is -0.496 e. The molecule has 1 saturated heterocycles. The van der Waals surface area contributed by atoms with E-state index in [1.54, 1.807) is 18.2 Å². The van der Waals surface area contributed by atoms with Gasteiger partial charge in [0.05, 0.1) is 19.2 Å². The number of carbonyl (C=O) groups excluding carboxylic acids is 1. The summed E-state index contributed by atoms with van der Waals surface area (Å²) in [4.78, 5) is 46.2. The first kappa shape index (κ1) is 19.7. The Labute approximate surface area is 171 Å². The van der Waals surface area contributed by atoms with E-state index in [0.717, 1.165) is 36.0 Å². The number of rotatable bonds is 5. The average molecular weight is 410 g/mol. The van der Waals surface area contributed by atoms with E-state index in [1.165, 1.54) is 0 Å². The Bertz CT molecular complexity index is 1130. The standard InChI is InChI=1S/C21H22N4O5/c1-29-17-7-3-2-5-13(17)9-15-11-22-19(30-15)14-6-4-8-25(12-14)20(27)16-10-18(26)24-21(28)23-16/h2-3,5,7,10-11,14H,4,6,8-9,12H2,1H3,(H2,23,24,26,28)/t14-/m1/s1. The number of hydrogen-bond acceptors (Lipinski definition) is 6. The molecular formula is C21H22N4O5. The molecule has 1 aromatic carbocycles. The second-order valence-electron chi connectivity index (χ2n) is 7.25. The fourth-order valence-corrected chi connectivity index (χ4v) is 3.75. The van der Waals surface area contributed by atoms with E-state index in [0.29, 0.717) is 25.4 Å². The Morgan fingerprint density at radius 3 is 2.93 bits per heavy atom. The fourth-order valence-electron chi connectivity index (χ4n) is 3.75. The Hall–Kier alpha value is -3.62. The van der Waals surface area contributed by atoms with Gasteiger partial charge in [-0.25, -0.2) is 9.78 Å². The Balaban J connectivity index is 1.48. The number of H-pyrrole nitrogens is 2. The molecule has 0 radical (unpaired) electrons. The third-order valence-corrected chi connectivity index (χ3v) is 5.18. The zero-order chi connectivity index (χ0) is 21.1. The number of methoxy groups -OCH3 is 1. The number of nitrogens with zero attached hydrogens (tertiary/aromatic N) is 2. The molecule has 1 amide bonds. The molecule has 4 rings (SSSR count). The quantitative estimate of drug-likeness (QED) is 0.660. The second kappa shape index (κ2) is 8.40. The maximum Gasteiger partial charge on any atom is 0.326 e. The number of para-hydroxylation sites is 1. The van der Waals surface area contributed by atoms with Gasteiger partial charge in [-0.1, -0.05) is 18.2 Å². The number of ether oxygens (including phenoxy) is 1. The molecule has 2 N–H and O–H groups in total. The molecule has 1 fully saturated rings. The molecular weight excluding hydrogens is 388 g/mol. The number of carbonyl (C=O) groups is 1. The molecule has 0 saturated carbocycles. The van der Waals surface area contributed by atoms with Crippen LogP contribution < -0.4 is 16.0 Å². The summed E-state index contributed by atoms with van der Waals surface area (Å²) >= 11 is 0. The molecule has 156 valence electrons. The van der Waals surface area contributed by atoms with E-state index in [1.807, 2.05) is 24.3 Å². The van der Waals surface area contributed by atoms with Gasteiger partial charge >= 0.3 is 5.69 Å². The van der Waals surface area contributed by atoms with Crippen LogP contribution in [0.25, 0.3) is 0 Å². The highest BCUT2D eigenvalue weighted by Crippen LogP contribution is 2.28.